The number of primary amides is 1. The largest absolute Gasteiger partial charge is 0.408 e. The van der Waals surface area contributed by atoms with Crippen molar-refractivity contribution in [1.82, 2.24) is 9.78 Å². The average molecular weight is 357 g/mol. The number of nitrogens with one attached hydrogen (secondary N) is 1. The smallest absolute Gasteiger partial charge is 0.383 e. The van der Waals surface area contributed by atoms with Gasteiger partial charge in [-0.15, -0.1) is 0 Å². The first-order chi connectivity index (χ1) is 9.20. The van der Waals surface area contributed by atoms with Gasteiger partial charge in [0.15, 0.2) is 0 Å². The average Bonchev–Trinajstić information content (AvgIpc) is 2.31. The van der Waals surface area contributed by atoms with Crippen LogP contribution in [-0.4, -0.2) is 28.4 Å². The first-order valence-corrected chi connectivity index (χ1v) is 6.34. The number of carbonyl (C=O) groups is 1. The molecule has 0 bridgehead atoms. The molecule has 0 fully saturated rings. The highest BCUT2D eigenvalue weighted by atomic mass is 79.9. The maximum absolute atomic E-state index is 12.2. The summed E-state index contributed by atoms with van der Waals surface area (Å²) >= 11 is 2.92. The van der Waals surface area contributed by atoms with Crippen LogP contribution in [0.25, 0.3) is 0 Å². The summed E-state index contributed by atoms with van der Waals surface area (Å²) in [6.07, 6.45) is -2.80. The van der Waals surface area contributed by atoms with E-state index in [1.54, 1.807) is 0 Å². The second kappa shape index (κ2) is 6.73. The van der Waals surface area contributed by atoms with E-state index in [-0.39, 0.29) is 16.6 Å². The van der Waals surface area contributed by atoms with Gasteiger partial charge in [-0.3, -0.25) is 9.59 Å². The van der Waals surface area contributed by atoms with Crippen LogP contribution in [0.15, 0.2) is 15.5 Å². The summed E-state index contributed by atoms with van der Waals surface area (Å²) in [5.74, 6) is -0.454. The number of alkyl halides is 3. The van der Waals surface area contributed by atoms with E-state index in [2.05, 4.69) is 26.3 Å². The third-order valence-corrected chi connectivity index (χ3v) is 3.00. The van der Waals surface area contributed by atoms with Gasteiger partial charge in [-0.25, -0.2) is 4.68 Å². The maximum atomic E-state index is 12.2. The number of anilines is 1. The highest BCUT2D eigenvalue weighted by Crippen LogP contribution is 2.19. The maximum Gasteiger partial charge on any atom is 0.408 e. The van der Waals surface area contributed by atoms with E-state index in [9.17, 15) is 22.8 Å². The minimum atomic E-state index is -4.52. The molecule has 0 saturated carbocycles. The zero-order valence-corrected chi connectivity index (χ0v) is 11.8. The van der Waals surface area contributed by atoms with Crippen molar-refractivity contribution >= 4 is 27.5 Å². The van der Waals surface area contributed by atoms with E-state index in [1.165, 1.54) is 0 Å². The molecule has 20 heavy (non-hydrogen) atoms. The first-order valence-electron chi connectivity index (χ1n) is 5.55. The fraction of sp³-hybridized carbons (Fsp3) is 0.500. The summed E-state index contributed by atoms with van der Waals surface area (Å²) in [5.41, 5.74) is 4.33. The van der Waals surface area contributed by atoms with E-state index < -0.39 is 24.2 Å². The quantitative estimate of drug-likeness (QED) is 0.750. The number of aromatic nitrogens is 2. The van der Waals surface area contributed by atoms with Crippen molar-refractivity contribution in [2.75, 3.05) is 11.9 Å². The minimum Gasteiger partial charge on any atom is -0.383 e. The van der Waals surface area contributed by atoms with E-state index in [4.69, 9.17) is 5.73 Å². The molecule has 1 rings (SSSR count). The third kappa shape index (κ3) is 5.19. The summed E-state index contributed by atoms with van der Waals surface area (Å²) in [6.45, 7) is -1.11. The molecule has 0 spiro atoms. The van der Waals surface area contributed by atoms with Crippen LogP contribution in [0.2, 0.25) is 0 Å². The van der Waals surface area contributed by atoms with Gasteiger partial charge in [0.2, 0.25) is 5.91 Å². The molecule has 6 nitrogen and oxygen atoms in total. The van der Waals surface area contributed by atoms with E-state index >= 15 is 0 Å². The highest BCUT2D eigenvalue weighted by Gasteiger charge is 2.29. The Kier molecular flexibility index (Phi) is 5.54. The van der Waals surface area contributed by atoms with Crippen LogP contribution in [0.1, 0.15) is 12.8 Å². The van der Waals surface area contributed by atoms with Gasteiger partial charge in [0.05, 0.1) is 11.9 Å². The monoisotopic (exact) mass is 356 g/mol. The van der Waals surface area contributed by atoms with E-state index in [0.717, 1.165) is 6.20 Å². The summed E-state index contributed by atoms with van der Waals surface area (Å²) in [4.78, 5) is 22.2. The molecule has 0 atom stereocenters. The van der Waals surface area contributed by atoms with Crippen molar-refractivity contribution in [3.05, 3.63) is 21.0 Å². The van der Waals surface area contributed by atoms with Crippen molar-refractivity contribution in [2.24, 2.45) is 5.73 Å². The Labute approximate surface area is 120 Å². The highest BCUT2D eigenvalue weighted by molar-refractivity contribution is 9.10. The molecule has 1 aromatic rings. The number of hydrogen-bond donors (Lipinski definition) is 2. The molecule has 0 radical (unpaired) electrons. The standard InChI is InChI=1S/C10H12BrF3N4O2/c11-8-6(16-3-1-2-7(15)19)4-17-18(9(8)20)5-10(12,13)14/h4,16H,1-3,5H2,(H2,15,19). The molecular formula is C10H12BrF3N4O2. The van der Waals surface area contributed by atoms with Crippen LogP contribution in [-0.2, 0) is 11.3 Å². The fourth-order valence-electron chi connectivity index (χ4n) is 1.36. The van der Waals surface area contributed by atoms with Crippen LogP contribution >= 0.6 is 15.9 Å². The molecule has 0 aliphatic heterocycles. The van der Waals surface area contributed by atoms with Crippen molar-refractivity contribution < 1.29 is 18.0 Å². The Morgan fingerprint density at radius 2 is 2.15 bits per heavy atom. The molecule has 0 saturated heterocycles. The summed E-state index contributed by atoms with van der Waals surface area (Å²) in [6, 6.07) is 0. The van der Waals surface area contributed by atoms with Crippen molar-refractivity contribution in [3.8, 4) is 0 Å². The van der Waals surface area contributed by atoms with E-state index in [0.29, 0.717) is 17.6 Å². The molecule has 112 valence electrons. The number of nitrogens with two attached hydrogens (primary N) is 1. The summed E-state index contributed by atoms with van der Waals surface area (Å²) in [5, 5.41) is 6.23. The molecule has 3 N–H and O–H groups in total. The second-order valence-electron chi connectivity index (χ2n) is 3.95. The molecule has 10 heteroatoms. The lowest BCUT2D eigenvalue weighted by Crippen LogP contribution is -2.31. The Morgan fingerprint density at radius 1 is 1.50 bits per heavy atom. The van der Waals surface area contributed by atoms with Crippen LogP contribution in [0.5, 0.6) is 0 Å². The van der Waals surface area contributed by atoms with Crippen LogP contribution < -0.4 is 16.6 Å². The lowest BCUT2D eigenvalue weighted by atomic mass is 10.3. The van der Waals surface area contributed by atoms with Crippen molar-refractivity contribution in [2.45, 2.75) is 25.6 Å². The molecule has 0 aliphatic rings. The lowest BCUT2D eigenvalue weighted by Gasteiger charge is -2.11. The Bertz CT molecular complexity index is 544. The zero-order chi connectivity index (χ0) is 15.3. The Hall–Kier alpha value is -1.58. The summed E-state index contributed by atoms with van der Waals surface area (Å²) in [7, 11) is 0. The van der Waals surface area contributed by atoms with E-state index in [1.807, 2.05) is 0 Å². The lowest BCUT2D eigenvalue weighted by molar-refractivity contribution is -0.143. The number of halogens is 4. The third-order valence-electron chi connectivity index (χ3n) is 2.23. The number of nitrogens with zero attached hydrogens (tertiary/aromatic N) is 2. The molecular weight excluding hydrogens is 345 g/mol. The van der Waals surface area contributed by atoms with Gasteiger partial charge in [-0.1, -0.05) is 0 Å². The fourth-order valence-corrected chi connectivity index (χ4v) is 1.80. The second-order valence-corrected chi connectivity index (χ2v) is 4.74. The number of amides is 1. The van der Waals surface area contributed by atoms with Gasteiger partial charge in [0.1, 0.15) is 11.0 Å². The molecule has 1 aromatic heterocycles. The molecule has 0 aliphatic carbocycles. The van der Waals surface area contributed by atoms with Gasteiger partial charge in [0, 0.05) is 13.0 Å². The molecule has 0 aromatic carbocycles. The van der Waals surface area contributed by atoms with Gasteiger partial charge < -0.3 is 11.1 Å². The molecule has 1 heterocycles. The number of carbonyl (C=O) groups excluding carboxylic acids is 1. The van der Waals surface area contributed by atoms with Gasteiger partial charge in [0.25, 0.3) is 5.56 Å². The van der Waals surface area contributed by atoms with Gasteiger partial charge in [-0.2, -0.15) is 18.3 Å². The van der Waals surface area contributed by atoms with Crippen LogP contribution in [0.4, 0.5) is 18.9 Å². The molecule has 0 unspecified atom stereocenters. The SMILES string of the molecule is NC(=O)CCCNc1cnn(CC(F)(F)F)c(=O)c1Br. The predicted molar refractivity (Wildman–Crippen MR) is 69.2 cm³/mol. The van der Waals surface area contributed by atoms with Crippen LogP contribution in [0.3, 0.4) is 0 Å². The first kappa shape index (κ1) is 16.5. The predicted octanol–water partition coefficient (Wildman–Crippen LogP) is 1.25. The topological polar surface area (TPSA) is 90.0 Å². The van der Waals surface area contributed by atoms with Crippen LogP contribution in [0, 0.1) is 0 Å². The zero-order valence-electron chi connectivity index (χ0n) is 10.2. The van der Waals surface area contributed by atoms with Gasteiger partial charge in [-0.05, 0) is 22.4 Å². The number of rotatable bonds is 6. The normalized spacial score (nSPS) is 11.4. The minimum absolute atomic E-state index is 0.0455. The number of hydrogen-bond acceptors (Lipinski definition) is 4. The molecule has 1 amide bonds. The Morgan fingerprint density at radius 3 is 2.70 bits per heavy atom. The Balaban J connectivity index is 2.74. The summed E-state index contributed by atoms with van der Waals surface area (Å²) < 4.78 is 36.9. The van der Waals surface area contributed by atoms with Crippen molar-refractivity contribution in [3.63, 3.8) is 0 Å². The van der Waals surface area contributed by atoms with Crippen molar-refractivity contribution in [1.29, 1.82) is 0 Å². The van der Waals surface area contributed by atoms with Gasteiger partial charge >= 0.3 is 6.18 Å².